The van der Waals surface area contributed by atoms with Gasteiger partial charge in [-0.15, -0.1) is 0 Å². The van der Waals surface area contributed by atoms with E-state index in [1.807, 2.05) is 24.3 Å². The van der Waals surface area contributed by atoms with E-state index < -0.39 is 0 Å². The Morgan fingerprint density at radius 1 is 0.208 bits per heavy atom. The van der Waals surface area contributed by atoms with Gasteiger partial charge in [-0.2, -0.15) is 0 Å². The van der Waals surface area contributed by atoms with Crippen LogP contribution in [0.3, 0.4) is 0 Å². The zero-order valence-corrected chi connectivity index (χ0v) is 26.2. The van der Waals surface area contributed by atoms with Crippen molar-refractivity contribution in [3.8, 4) is 78.7 Å². The molecule has 0 aliphatic carbocycles. The van der Waals surface area contributed by atoms with Crippen LogP contribution >= 0.6 is 0 Å². The lowest BCUT2D eigenvalue weighted by molar-refractivity contribution is 1.07. The molecule has 0 saturated heterocycles. The van der Waals surface area contributed by atoms with Gasteiger partial charge in [0.2, 0.25) is 0 Å². The lowest BCUT2D eigenvalue weighted by Gasteiger charge is -2.14. The molecular formula is C45H31N3. The van der Waals surface area contributed by atoms with Crippen molar-refractivity contribution in [1.82, 2.24) is 15.0 Å². The first-order valence-corrected chi connectivity index (χ1v) is 16.1. The van der Waals surface area contributed by atoms with E-state index in [1.54, 1.807) is 0 Å². The van der Waals surface area contributed by atoms with E-state index in [4.69, 9.17) is 15.0 Å². The van der Waals surface area contributed by atoms with Crippen LogP contribution in [0.5, 0.6) is 0 Å². The minimum atomic E-state index is 0.629. The minimum absolute atomic E-state index is 0.629. The third-order valence-electron chi connectivity index (χ3n) is 8.56. The summed E-state index contributed by atoms with van der Waals surface area (Å²) in [7, 11) is 0. The second-order valence-corrected chi connectivity index (χ2v) is 11.7. The summed E-state index contributed by atoms with van der Waals surface area (Å²) in [6.07, 6.45) is 0. The van der Waals surface area contributed by atoms with Crippen molar-refractivity contribution < 1.29 is 0 Å². The molecule has 0 N–H and O–H groups in total. The first kappa shape index (κ1) is 29.0. The molecule has 0 radical (unpaired) electrons. The molecule has 3 nitrogen and oxygen atoms in total. The SMILES string of the molecule is c1ccc(-c2ccc(-c3nc(-c4cccc(-c5ccccc5)c4)nc(-c4ccc(-c5ccccc5)c(-c5ccccc5)c4)n3)cc2)cc1. The van der Waals surface area contributed by atoms with Gasteiger partial charge in [-0.1, -0.05) is 176 Å². The highest BCUT2D eigenvalue weighted by atomic mass is 15.0. The Balaban J connectivity index is 1.28. The van der Waals surface area contributed by atoms with Crippen molar-refractivity contribution in [1.29, 1.82) is 0 Å². The van der Waals surface area contributed by atoms with E-state index in [2.05, 4.69) is 164 Å². The molecule has 0 aliphatic heterocycles. The molecule has 0 aliphatic rings. The van der Waals surface area contributed by atoms with Crippen molar-refractivity contribution in [2.75, 3.05) is 0 Å². The molecule has 8 aromatic rings. The predicted molar refractivity (Wildman–Crippen MR) is 198 cm³/mol. The number of nitrogens with zero attached hydrogens (tertiary/aromatic N) is 3. The fraction of sp³-hybridized carbons (Fsp3) is 0. The van der Waals surface area contributed by atoms with Crippen molar-refractivity contribution in [2.45, 2.75) is 0 Å². The van der Waals surface area contributed by atoms with Gasteiger partial charge in [0.05, 0.1) is 0 Å². The Kier molecular flexibility index (Phi) is 7.92. The normalized spacial score (nSPS) is 10.9. The highest BCUT2D eigenvalue weighted by Gasteiger charge is 2.16. The molecule has 48 heavy (non-hydrogen) atoms. The van der Waals surface area contributed by atoms with Crippen LogP contribution in [0.25, 0.3) is 78.7 Å². The van der Waals surface area contributed by atoms with Gasteiger partial charge in [-0.25, -0.2) is 15.0 Å². The van der Waals surface area contributed by atoms with Crippen LogP contribution < -0.4 is 0 Å². The van der Waals surface area contributed by atoms with Crippen LogP contribution in [0.4, 0.5) is 0 Å². The summed E-state index contributed by atoms with van der Waals surface area (Å²) >= 11 is 0. The summed E-state index contributed by atoms with van der Waals surface area (Å²) in [5, 5.41) is 0. The monoisotopic (exact) mass is 613 g/mol. The quantitative estimate of drug-likeness (QED) is 0.179. The van der Waals surface area contributed by atoms with Crippen LogP contribution in [-0.2, 0) is 0 Å². The van der Waals surface area contributed by atoms with E-state index >= 15 is 0 Å². The van der Waals surface area contributed by atoms with Gasteiger partial charge in [0.1, 0.15) is 0 Å². The van der Waals surface area contributed by atoms with Crippen molar-refractivity contribution in [3.63, 3.8) is 0 Å². The smallest absolute Gasteiger partial charge is 0.164 e. The van der Waals surface area contributed by atoms with Crippen molar-refractivity contribution in [3.05, 3.63) is 188 Å². The van der Waals surface area contributed by atoms with Gasteiger partial charge >= 0.3 is 0 Å². The molecule has 0 bridgehead atoms. The highest BCUT2D eigenvalue weighted by Crippen LogP contribution is 2.36. The summed E-state index contributed by atoms with van der Waals surface area (Å²) in [4.78, 5) is 15.3. The fourth-order valence-corrected chi connectivity index (χ4v) is 6.08. The van der Waals surface area contributed by atoms with E-state index in [-0.39, 0.29) is 0 Å². The second-order valence-electron chi connectivity index (χ2n) is 11.7. The molecule has 0 unspecified atom stereocenters. The molecule has 0 fully saturated rings. The average molecular weight is 614 g/mol. The number of benzene rings is 7. The summed E-state index contributed by atoms with van der Waals surface area (Å²) in [6, 6.07) is 65.2. The van der Waals surface area contributed by atoms with Gasteiger partial charge in [0, 0.05) is 16.7 Å². The lowest BCUT2D eigenvalue weighted by Crippen LogP contribution is -2.01. The van der Waals surface area contributed by atoms with Gasteiger partial charge in [-0.05, 0) is 56.6 Å². The molecule has 226 valence electrons. The van der Waals surface area contributed by atoms with Gasteiger partial charge < -0.3 is 0 Å². The number of hydrogen-bond acceptors (Lipinski definition) is 3. The Bertz CT molecular complexity index is 2300. The molecule has 1 heterocycles. The maximum Gasteiger partial charge on any atom is 0.164 e. The highest BCUT2D eigenvalue weighted by molar-refractivity contribution is 5.86. The molecule has 3 heteroatoms. The Morgan fingerprint density at radius 2 is 0.562 bits per heavy atom. The zero-order valence-electron chi connectivity index (χ0n) is 26.2. The number of hydrogen-bond donors (Lipinski definition) is 0. The lowest BCUT2D eigenvalue weighted by atomic mass is 9.92. The van der Waals surface area contributed by atoms with Gasteiger partial charge in [0.25, 0.3) is 0 Å². The third-order valence-corrected chi connectivity index (χ3v) is 8.56. The zero-order chi connectivity index (χ0) is 32.1. The van der Waals surface area contributed by atoms with Crippen LogP contribution in [-0.4, -0.2) is 15.0 Å². The fourth-order valence-electron chi connectivity index (χ4n) is 6.08. The van der Waals surface area contributed by atoms with Crippen LogP contribution in [0.2, 0.25) is 0 Å². The number of aromatic nitrogens is 3. The maximum absolute atomic E-state index is 5.11. The molecular weight excluding hydrogens is 583 g/mol. The van der Waals surface area contributed by atoms with E-state index in [9.17, 15) is 0 Å². The standard InChI is InChI=1S/C45H31N3/c1-5-14-32(15-6-1)34-24-26-37(27-25-34)43-46-44(39-23-13-22-38(30-39)33-16-7-2-8-17-33)48-45(47-43)40-28-29-41(35-18-9-3-10-19-35)42(31-40)36-20-11-4-12-21-36/h1-31H. The molecule has 0 atom stereocenters. The Morgan fingerprint density at radius 3 is 1.12 bits per heavy atom. The minimum Gasteiger partial charge on any atom is -0.208 e. The van der Waals surface area contributed by atoms with Crippen LogP contribution in [0.1, 0.15) is 0 Å². The average Bonchev–Trinajstić information content (AvgIpc) is 3.19. The van der Waals surface area contributed by atoms with E-state index in [0.717, 1.165) is 55.6 Å². The molecule has 0 amide bonds. The first-order chi connectivity index (χ1) is 23.8. The Labute approximate surface area is 280 Å². The first-order valence-electron chi connectivity index (χ1n) is 16.1. The van der Waals surface area contributed by atoms with Crippen LogP contribution in [0, 0.1) is 0 Å². The molecule has 1 aromatic heterocycles. The molecule has 0 saturated carbocycles. The van der Waals surface area contributed by atoms with E-state index in [0.29, 0.717) is 17.5 Å². The van der Waals surface area contributed by atoms with Gasteiger partial charge in [0.15, 0.2) is 17.5 Å². The second kappa shape index (κ2) is 13.1. The van der Waals surface area contributed by atoms with Crippen molar-refractivity contribution in [2.24, 2.45) is 0 Å². The maximum atomic E-state index is 5.11. The third kappa shape index (κ3) is 6.05. The number of rotatable bonds is 7. The topological polar surface area (TPSA) is 38.7 Å². The van der Waals surface area contributed by atoms with E-state index in [1.165, 1.54) is 5.56 Å². The van der Waals surface area contributed by atoms with Crippen LogP contribution in [0.15, 0.2) is 188 Å². The predicted octanol–water partition coefficient (Wildman–Crippen LogP) is 11.5. The summed E-state index contributed by atoms with van der Waals surface area (Å²) in [5.41, 5.74) is 12.0. The van der Waals surface area contributed by atoms with Gasteiger partial charge in [-0.3, -0.25) is 0 Å². The van der Waals surface area contributed by atoms with Crippen molar-refractivity contribution >= 4 is 0 Å². The molecule has 8 rings (SSSR count). The molecule has 0 spiro atoms. The summed E-state index contributed by atoms with van der Waals surface area (Å²) < 4.78 is 0. The molecule has 7 aromatic carbocycles. The summed E-state index contributed by atoms with van der Waals surface area (Å²) in [6.45, 7) is 0. The largest absolute Gasteiger partial charge is 0.208 e. The summed E-state index contributed by atoms with van der Waals surface area (Å²) in [5.74, 6) is 1.89. The Hall–Kier alpha value is -6.45.